The van der Waals surface area contributed by atoms with E-state index in [-0.39, 0.29) is 6.42 Å². The second-order valence-corrected chi connectivity index (χ2v) is 8.17. The Morgan fingerprint density at radius 1 is 1.03 bits per heavy atom. The fourth-order valence-corrected chi connectivity index (χ4v) is 4.27. The Morgan fingerprint density at radius 2 is 1.84 bits per heavy atom. The Labute approximate surface area is 188 Å². The fourth-order valence-electron chi connectivity index (χ4n) is 3.36. The van der Waals surface area contributed by atoms with Crippen LogP contribution in [0.2, 0.25) is 0 Å². The van der Waals surface area contributed by atoms with Gasteiger partial charge in [-0.15, -0.1) is 10.2 Å². The van der Waals surface area contributed by atoms with Crippen molar-refractivity contribution in [2.45, 2.75) is 31.2 Å². The molecule has 2 heterocycles. The summed E-state index contributed by atoms with van der Waals surface area (Å²) < 4.78 is 7.49. The van der Waals surface area contributed by atoms with Crippen LogP contribution in [0.25, 0.3) is 5.69 Å². The molecule has 32 heavy (non-hydrogen) atoms. The first-order chi connectivity index (χ1) is 15.5. The summed E-state index contributed by atoms with van der Waals surface area (Å²) in [6, 6.07) is 17.4. The number of aromatic amines is 2. The van der Waals surface area contributed by atoms with Crippen molar-refractivity contribution in [2.75, 3.05) is 6.61 Å². The first-order valence-corrected chi connectivity index (χ1v) is 11.2. The molecule has 164 valence electrons. The molecule has 0 spiro atoms. The van der Waals surface area contributed by atoms with Crippen molar-refractivity contribution in [3.63, 3.8) is 0 Å². The number of nitrogens with one attached hydrogen (secondary N) is 2. The summed E-state index contributed by atoms with van der Waals surface area (Å²) in [6.07, 6.45) is 0.254. The maximum atomic E-state index is 11.7. The van der Waals surface area contributed by atoms with Crippen LogP contribution >= 0.6 is 11.8 Å². The first-order valence-electron chi connectivity index (χ1n) is 10.2. The third-order valence-corrected chi connectivity index (χ3v) is 5.72. The standard InChI is InChI=1S/C23H23N5O3S/c1-3-31-19-9-7-18(8-10-19)28-20(12-17-13-21(29)25-22(30)24-17)26-27-23(28)32-14-16-6-4-5-15(2)11-16/h4-11,13H,3,12,14H2,1-2H3,(H2,24,25,29,30). The van der Waals surface area contributed by atoms with Gasteiger partial charge >= 0.3 is 5.69 Å². The Morgan fingerprint density at radius 3 is 2.56 bits per heavy atom. The smallest absolute Gasteiger partial charge is 0.325 e. The van der Waals surface area contributed by atoms with Crippen molar-refractivity contribution in [1.82, 2.24) is 24.7 Å². The summed E-state index contributed by atoms with van der Waals surface area (Å²) >= 11 is 1.57. The van der Waals surface area contributed by atoms with Gasteiger partial charge < -0.3 is 9.72 Å². The van der Waals surface area contributed by atoms with Gasteiger partial charge in [0.05, 0.1) is 6.61 Å². The number of hydrogen-bond donors (Lipinski definition) is 2. The van der Waals surface area contributed by atoms with Gasteiger partial charge in [-0.1, -0.05) is 41.6 Å². The Balaban J connectivity index is 1.69. The van der Waals surface area contributed by atoms with E-state index in [0.717, 1.165) is 22.3 Å². The Hall–Kier alpha value is -3.59. The van der Waals surface area contributed by atoms with Crippen LogP contribution in [0.3, 0.4) is 0 Å². The predicted molar refractivity (Wildman–Crippen MR) is 124 cm³/mol. The highest BCUT2D eigenvalue weighted by Gasteiger charge is 2.16. The molecular weight excluding hydrogens is 426 g/mol. The van der Waals surface area contributed by atoms with E-state index in [4.69, 9.17) is 4.74 Å². The molecule has 0 bridgehead atoms. The quantitative estimate of drug-likeness (QED) is 0.400. The summed E-state index contributed by atoms with van der Waals surface area (Å²) in [5, 5.41) is 9.48. The van der Waals surface area contributed by atoms with Crippen LogP contribution in [-0.4, -0.2) is 31.3 Å². The van der Waals surface area contributed by atoms with Crippen molar-refractivity contribution < 1.29 is 4.74 Å². The van der Waals surface area contributed by atoms with Gasteiger partial charge in [0, 0.05) is 29.6 Å². The largest absolute Gasteiger partial charge is 0.494 e. The molecule has 0 unspecified atom stereocenters. The minimum absolute atomic E-state index is 0.254. The Bertz CT molecular complexity index is 1300. The molecule has 0 aliphatic rings. The van der Waals surface area contributed by atoms with E-state index in [1.54, 1.807) is 11.8 Å². The zero-order valence-corrected chi connectivity index (χ0v) is 18.6. The van der Waals surface area contributed by atoms with Crippen LogP contribution in [0.5, 0.6) is 5.75 Å². The van der Waals surface area contributed by atoms with E-state index in [9.17, 15) is 9.59 Å². The lowest BCUT2D eigenvalue weighted by Crippen LogP contribution is -2.23. The SMILES string of the molecule is CCOc1ccc(-n2c(Cc3cc(=O)[nH]c(=O)[nH]3)nnc2SCc2cccc(C)c2)cc1. The number of ether oxygens (including phenoxy) is 1. The van der Waals surface area contributed by atoms with Crippen molar-refractivity contribution in [1.29, 1.82) is 0 Å². The summed E-state index contributed by atoms with van der Waals surface area (Å²) in [6.45, 7) is 4.59. The maximum Gasteiger partial charge on any atom is 0.325 e. The van der Waals surface area contributed by atoms with Crippen LogP contribution in [0.1, 0.15) is 29.6 Å². The van der Waals surface area contributed by atoms with Gasteiger partial charge in [-0.05, 0) is 43.7 Å². The third kappa shape index (κ3) is 5.17. The topological polar surface area (TPSA) is 106 Å². The van der Waals surface area contributed by atoms with Crippen LogP contribution in [0.4, 0.5) is 0 Å². The number of H-pyrrole nitrogens is 2. The van der Waals surface area contributed by atoms with Gasteiger partial charge in [0.15, 0.2) is 5.16 Å². The van der Waals surface area contributed by atoms with E-state index in [2.05, 4.69) is 45.3 Å². The number of aryl methyl sites for hydroxylation is 1. The molecule has 0 atom stereocenters. The second-order valence-electron chi connectivity index (χ2n) is 7.23. The van der Waals surface area contributed by atoms with Crippen molar-refractivity contribution in [2.24, 2.45) is 0 Å². The molecule has 4 aromatic rings. The molecular formula is C23H23N5O3S. The van der Waals surface area contributed by atoms with Crippen LogP contribution in [0, 0.1) is 6.92 Å². The molecule has 0 aliphatic heterocycles. The molecule has 0 saturated carbocycles. The second kappa shape index (κ2) is 9.69. The summed E-state index contributed by atoms with van der Waals surface area (Å²) in [5.74, 6) is 2.12. The minimum atomic E-state index is -0.548. The van der Waals surface area contributed by atoms with Gasteiger partial charge in [0.1, 0.15) is 11.6 Å². The molecule has 2 aromatic carbocycles. The summed E-state index contributed by atoms with van der Waals surface area (Å²) in [5.41, 5.74) is 2.73. The zero-order valence-electron chi connectivity index (χ0n) is 17.8. The molecule has 0 saturated heterocycles. The lowest BCUT2D eigenvalue weighted by molar-refractivity contribution is 0.340. The fraction of sp³-hybridized carbons (Fsp3) is 0.217. The molecule has 0 amide bonds. The monoisotopic (exact) mass is 449 g/mol. The average Bonchev–Trinajstić information content (AvgIpc) is 3.15. The molecule has 8 nitrogen and oxygen atoms in total. The van der Waals surface area contributed by atoms with Gasteiger partial charge in [0.25, 0.3) is 5.56 Å². The highest BCUT2D eigenvalue weighted by Crippen LogP contribution is 2.27. The van der Waals surface area contributed by atoms with Gasteiger partial charge in [-0.25, -0.2) is 4.79 Å². The first kappa shape index (κ1) is 21.6. The minimum Gasteiger partial charge on any atom is -0.494 e. The molecule has 2 aromatic heterocycles. The highest BCUT2D eigenvalue weighted by atomic mass is 32.2. The Kier molecular flexibility index (Phi) is 6.55. The van der Waals surface area contributed by atoms with Gasteiger partial charge in [-0.2, -0.15) is 0 Å². The highest BCUT2D eigenvalue weighted by molar-refractivity contribution is 7.98. The predicted octanol–water partition coefficient (Wildman–Crippen LogP) is 3.23. The van der Waals surface area contributed by atoms with E-state index in [1.165, 1.54) is 17.2 Å². The molecule has 0 fully saturated rings. The lowest BCUT2D eigenvalue weighted by atomic mass is 10.2. The number of aromatic nitrogens is 5. The van der Waals surface area contributed by atoms with Crippen molar-refractivity contribution in [3.8, 4) is 11.4 Å². The van der Waals surface area contributed by atoms with Crippen molar-refractivity contribution >= 4 is 11.8 Å². The normalized spacial score (nSPS) is 10.9. The molecule has 2 N–H and O–H groups in total. The number of benzene rings is 2. The molecule has 4 rings (SSSR count). The number of thioether (sulfide) groups is 1. The zero-order chi connectivity index (χ0) is 22.5. The number of rotatable bonds is 8. The molecule has 0 aliphatic carbocycles. The van der Waals surface area contributed by atoms with Gasteiger partial charge in [-0.3, -0.25) is 14.3 Å². The number of nitrogens with zero attached hydrogens (tertiary/aromatic N) is 3. The van der Waals surface area contributed by atoms with Crippen LogP contribution in [0.15, 0.2) is 69.3 Å². The van der Waals surface area contributed by atoms with Crippen LogP contribution < -0.4 is 16.0 Å². The van der Waals surface area contributed by atoms with E-state index < -0.39 is 11.2 Å². The number of hydrogen-bond acceptors (Lipinski definition) is 6. The maximum absolute atomic E-state index is 11.7. The average molecular weight is 450 g/mol. The summed E-state index contributed by atoms with van der Waals surface area (Å²) in [7, 11) is 0. The van der Waals surface area contributed by atoms with Crippen molar-refractivity contribution in [3.05, 3.63) is 98.1 Å². The lowest BCUT2D eigenvalue weighted by Gasteiger charge is -2.11. The van der Waals surface area contributed by atoms with E-state index >= 15 is 0 Å². The molecule has 0 radical (unpaired) electrons. The summed E-state index contributed by atoms with van der Waals surface area (Å²) in [4.78, 5) is 28.2. The molecule has 9 heteroatoms. The van der Waals surface area contributed by atoms with Gasteiger partial charge in [0.2, 0.25) is 0 Å². The van der Waals surface area contributed by atoms with E-state index in [0.29, 0.717) is 18.1 Å². The van der Waals surface area contributed by atoms with E-state index in [1.807, 2.05) is 41.8 Å². The third-order valence-electron chi connectivity index (χ3n) is 4.72. The van der Waals surface area contributed by atoms with Crippen LogP contribution in [-0.2, 0) is 12.2 Å².